The van der Waals surface area contributed by atoms with Gasteiger partial charge in [-0.15, -0.1) is 0 Å². The molecule has 1 heterocycles. The van der Waals surface area contributed by atoms with Crippen molar-refractivity contribution in [3.8, 4) is 0 Å². The van der Waals surface area contributed by atoms with Crippen LogP contribution in [0.4, 0.5) is 0 Å². The van der Waals surface area contributed by atoms with Gasteiger partial charge in [-0.05, 0) is 0 Å². The first kappa shape index (κ1) is 7.74. The molecule has 0 aliphatic rings. The summed E-state index contributed by atoms with van der Waals surface area (Å²) in [5.41, 5.74) is 5.72. The summed E-state index contributed by atoms with van der Waals surface area (Å²) in [6.07, 6.45) is 3.00. The number of nitrogens with two attached hydrogens (primary N) is 1. The molecule has 0 radical (unpaired) electrons. The van der Waals surface area contributed by atoms with E-state index in [0.29, 0.717) is 18.7 Å². The van der Waals surface area contributed by atoms with Crippen LogP contribution in [0, 0.1) is 0 Å². The number of aromatic nitrogens is 2. The van der Waals surface area contributed by atoms with Gasteiger partial charge < -0.3 is 11.1 Å². The van der Waals surface area contributed by atoms with E-state index >= 15 is 0 Å². The normalized spacial score (nSPS) is 9.55. The number of aromatic amines is 1. The van der Waals surface area contributed by atoms with E-state index in [1.165, 1.54) is 12.4 Å². The maximum atomic E-state index is 11.0. The van der Waals surface area contributed by atoms with Crippen molar-refractivity contribution in [2.75, 3.05) is 13.1 Å². The van der Waals surface area contributed by atoms with Crippen LogP contribution in [0.3, 0.4) is 0 Å². The van der Waals surface area contributed by atoms with Gasteiger partial charge in [0.1, 0.15) is 0 Å². The number of rotatable bonds is 3. The maximum Gasteiger partial charge on any atom is 0.254 e. The van der Waals surface area contributed by atoms with E-state index in [0.717, 1.165) is 0 Å². The molecule has 0 saturated heterocycles. The van der Waals surface area contributed by atoms with Gasteiger partial charge in [0.05, 0.1) is 11.8 Å². The molecule has 4 N–H and O–H groups in total. The van der Waals surface area contributed by atoms with E-state index in [4.69, 9.17) is 5.73 Å². The van der Waals surface area contributed by atoms with Gasteiger partial charge in [0.15, 0.2) is 0 Å². The number of nitrogens with zero attached hydrogens (tertiary/aromatic N) is 1. The summed E-state index contributed by atoms with van der Waals surface area (Å²) in [7, 11) is 0. The highest BCUT2D eigenvalue weighted by Gasteiger charge is 2.03. The van der Waals surface area contributed by atoms with Crippen molar-refractivity contribution in [1.82, 2.24) is 15.5 Å². The van der Waals surface area contributed by atoms with Crippen molar-refractivity contribution < 1.29 is 4.79 Å². The fourth-order valence-electron chi connectivity index (χ4n) is 0.663. The lowest BCUT2D eigenvalue weighted by Gasteiger charge is -1.98. The Labute approximate surface area is 64.0 Å². The fourth-order valence-corrected chi connectivity index (χ4v) is 0.663. The number of amides is 1. The van der Waals surface area contributed by atoms with E-state index < -0.39 is 0 Å². The Hall–Kier alpha value is -1.36. The Morgan fingerprint density at radius 2 is 2.64 bits per heavy atom. The lowest BCUT2D eigenvalue weighted by Crippen LogP contribution is -2.28. The lowest BCUT2D eigenvalue weighted by molar-refractivity contribution is 0.0955. The van der Waals surface area contributed by atoms with E-state index in [2.05, 4.69) is 15.5 Å². The highest BCUT2D eigenvalue weighted by Crippen LogP contribution is 1.91. The topological polar surface area (TPSA) is 83.8 Å². The van der Waals surface area contributed by atoms with Crippen molar-refractivity contribution in [2.45, 2.75) is 0 Å². The minimum atomic E-state index is -0.149. The molecule has 5 heteroatoms. The minimum Gasteiger partial charge on any atom is -0.351 e. The van der Waals surface area contributed by atoms with Crippen LogP contribution < -0.4 is 11.1 Å². The van der Waals surface area contributed by atoms with Crippen molar-refractivity contribution >= 4 is 5.91 Å². The molecule has 1 aromatic rings. The summed E-state index contributed by atoms with van der Waals surface area (Å²) in [5, 5.41) is 8.79. The van der Waals surface area contributed by atoms with Gasteiger partial charge in [-0.2, -0.15) is 5.10 Å². The smallest absolute Gasteiger partial charge is 0.254 e. The number of nitrogens with one attached hydrogen (secondary N) is 2. The molecule has 60 valence electrons. The minimum absolute atomic E-state index is 0.149. The Morgan fingerprint density at radius 3 is 3.18 bits per heavy atom. The van der Waals surface area contributed by atoms with Crippen molar-refractivity contribution in [1.29, 1.82) is 0 Å². The number of hydrogen-bond acceptors (Lipinski definition) is 3. The van der Waals surface area contributed by atoms with Gasteiger partial charge in [-0.3, -0.25) is 9.89 Å². The zero-order valence-electron chi connectivity index (χ0n) is 6.00. The standard InChI is InChI=1S/C6H10N4O/c7-1-2-8-6(11)5-3-9-10-4-5/h3-4H,1-2,7H2,(H,8,11)(H,9,10). The molecule has 5 nitrogen and oxygen atoms in total. The summed E-state index contributed by atoms with van der Waals surface area (Å²) in [6.45, 7) is 0.938. The zero-order chi connectivity index (χ0) is 8.10. The van der Waals surface area contributed by atoms with Crippen LogP contribution in [0.2, 0.25) is 0 Å². The van der Waals surface area contributed by atoms with E-state index in [1.54, 1.807) is 0 Å². The molecular weight excluding hydrogens is 144 g/mol. The number of carbonyl (C=O) groups excluding carboxylic acids is 1. The largest absolute Gasteiger partial charge is 0.351 e. The van der Waals surface area contributed by atoms with Gasteiger partial charge >= 0.3 is 0 Å². The second-order valence-electron chi connectivity index (χ2n) is 2.03. The Kier molecular flexibility index (Phi) is 2.62. The maximum absolute atomic E-state index is 11.0. The summed E-state index contributed by atoms with van der Waals surface area (Å²) >= 11 is 0. The molecule has 0 unspecified atom stereocenters. The van der Waals surface area contributed by atoms with Crippen LogP contribution in [-0.4, -0.2) is 29.2 Å². The second kappa shape index (κ2) is 3.72. The van der Waals surface area contributed by atoms with E-state index in [1.807, 2.05) is 0 Å². The van der Waals surface area contributed by atoms with E-state index in [9.17, 15) is 4.79 Å². The molecule has 0 atom stereocenters. The second-order valence-corrected chi connectivity index (χ2v) is 2.03. The predicted octanol–water partition coefficient (Wildman–Crippen LogP) is -0.902. The van der Waals surface area contributed by atoms with Gasteiger partial charge in [0, 0.05) is 19.3 Å². The summed E-state index contributed by atoms with van der Waals surface area (Å²) in [5.74, 6) is -0.149. The third-order valence-corrected chi connectivity index (χ3v) is 1.19. The number of carbonyl (C=O) groups is 1. The van der Waals surface area contributed by atoms with Crippen LogP contribution >= 0.6 is 0 Å². The summed E-state index contributed by atoms with van der Waals surface area (Å²) < 4.78 is 0. The number of H-pyrrole nitrogens is 1. The third-order valence-electron chi connectivity index (χ3n) is 1.19. The fraction of sp³-hybridized carbons (Fsp3) is 0.333. The molecule has 1 amide bonds. The van der Waals surface area contributed by atoms with E-state index in [-0.39, 0.29) is 5.91 Å². The van der Waals surface area contributed by atoms with Gasteiger partial charge in [0.25, 0.3) is 5.91 Å². The van der Waals surface area contributed by atoms with Gasteiger partial charge in [0.2, 0.25) is 0 Å². The highest BCUT2D eigenvalue weighted by atomic mass is 16.1. The van der Waals surface area contributed by atoms with Crippen LogP contribution in [-0.2, 0) is 0 Å². The molecule has 0 aliphatic carbocycles. The van der Waals surface area contributed by atoms with Crippen LogP contribution in [0.15, 0.2) is 12.4 Å². The quantitative estimate of drug-likeness (QED) is 0.527. The zero-order valence-corrected chi connectivity index (χ0v) is 6.00. The number of hydrogen-bond donors (Lipinski definition) is 3. The third kappa shape index (κ3) is 2.05. The van der Waals surface area contributed by atoms with Crippen molar-refractivity contribution in [3.05, 3.63) is 18.0 Å². The van der Waals surface area contributed by atoms with Gasteiger partial charge in [-0.25, -0.2) is 0 Å². The van der Waals surface area contributed by atoms with Crippen molar-refractivity contribution in [2.24, 2.45) is 5.73 Å². The van der Waals surface area contributed by atoms with Crippen LogP contribution in [0.25, 0.3) is 0 Å². The predicted molar refractivity (Wildman–Crippen MR) is 40.0 cm³/mol. The highest BCUT2D eigenvalue weighted by molar-refractivity contribution is 5.93. The average molecular weight is 154 g/mol. The lowest BCUT2D eigenvalue weighted by atomic mass is 10.3. The monoisotopic (exact) mass is 154 g/mol. The molecule has 0 aliphatic heterocycles. The SMILES string of the molecule is NCCNC(=O)c1cn[nH]c1. The summed E-state index contributed by atoms with van der Waals surface area (Å²) in [6, 6.07) is 0. The van der Waals surface area contributed by atoms with Crippen LogP contribution in [0.5, 0.6) is 0 Å². The molecule has 0 bridgehead atoms. The first-order valence-corrected chi connectivity index (χ1v) is 3.31. The molecular formula is C6H10N4O. The molecule has 1 aromatic heterocycles. The molecule has 0 saturated carbocycles. The molecule has 0 aromatic carbocycles. The first-order valence-electron chi connectivity index (χ1n) is 3.31. The average Bonchev–Trinajstić information content (AvgIpc) is 2.52. The molecule has 0 fully saturated rings. The molecule has 0 spiro atoms. The Morgan fingerprint density at radius 1 is 1.82 bits per heavy atom. The van der Waals surface area contributed by atoms with Crippen LogP contribution in [0.1, 0.15) is 10.4 Å². The van der Waals surface area contributed by atoms with Crippen molar-refractivity contribution in [3.63, 3.8) is 0 Å². The Bertz CT molecular complexity index is 218. The first-order chi connectivity index (χ1) is 5.34. The molecule has 11 heavy (non-hydrogen) atoms. The molecule has 1 rings (SSSR count). The van der Waals surface area contributed by atoms with Gasteiger partial charge in [-0.1, -0.05) is 0 Å². The Balaban J connectivity index is 2.43. The summed E-state index contributed by atoms with van der Waals surface area (Å²) in [4.78, 5) is 11.0.